The highest BCUT2D eigenvalue weighted by molar-refractivity contribution is 6.30. The van der Waals surface area contributed by atoms with Crippen LogP contribution in [0.25, 0.3) is 5.69 Å². The van der Waals surface area contributed by atoms with Gasteiger partial charge in [0.15, 0.2) is 0 Å². The lowest BCUT2D eigenvalue weighted by molar-refractivity contribution is 0.772. The summed E-state index contributed by atoms with van der Waals surface area (Å²) in [5, 5.41) is 9.11. The van der Waals surface area contributed by atoms with E-state index >= 15 is 0 Å². The summed E-state index contributed by atoms with van der Waals surface area (Å²) >= 11 is 5.94. The maximum atomic E-state index is 5.94. The zero-order chi connectivity index (χ0) is 14.7. The lowest BCUT2D eigenvalue weighted by atomic mass is 10.1. The Labute approximate surface area is 128 Å². The summed E-state index contributed by atoms with van der Waals surface area (Å²) in [6.45, 7) is 0.371. The standard InChI is InChI=1S/C16H15ClN4/c17-13-6-8-14(9-7-13)21-16(15(11-18)19-20-21)10-12-4-2-1-3-5-12/h1-9H,10-11,18H2. The highest BCUT2D eigenvalue weighted by Crippen LogP contribution is 2.18. The predicted octanol–water partition coefficient (Wildman–Crippen LogP) is 2.97. The third-order valence-corrected chi connectivity index (χ3v) is 3.57. The number of hydrogen-bond acceptors (Lipinski definition) is 3. The average Bonchev–Trinajstić information content (AvgIpc) is 2.92. The molecule has 0 radical (unpaired) electrons. The van der Waals surface area contributed by atoms with Crippen LogP contribution in [0.5, 0.6) is 0 Å². The highest BCUT2D eigenvalue weighted by atomic mass is 35.5. The second-order valence-electron chi connectivity index (χ2n) is 4.74. The Hall–Kier alpha value is -2.17. The maximum Gasteiger partial charge on any atom is 0.100 e. The molecule has 0 spiro atoms. The third kappa shape index (κ3) is 2.96. The number of halogens is 1. The van der Waals surface area contributed by atoms with E-state index in [9.17, 15) is 0 Å². The van der Waals surface area contributed by atoms with E-state index in [1.165, 1.54) is 5.56 Å². The van der Waals surface area contributed by atoms with Crippen LogP contribution in [0.2, 0.25) is 5.02 Å². The minimum absolute atomic E-state index is 0.371. The van der Waals surface area contributed by atoms with Gasteiger partial charge in [0.2, 0.25) is 0 Å². The maximum absolute atomic E-state index is 5.94. The van der Waals surface area contributed by atoms with Gasteiger partial charge in [-0.1, -0.05) is 47.1 Å². The van der Waals surface area contributed by atoms with Gasteiger partial charge < -0.3 is 5.73 Å². The van der Waals surface area contributed by atoms with Crippen LogP contribution < -0.4 is 5.73 Å². The molecule has 0 aliphatic heterocycles. The minimum Gasteiger partial charge on any atom is -0.325 e. The highest BCUT2D eigenvalue weighted by Gasteiger charge is 2.13. The molecule has 3 rings (SSSR count). The van der Waals surface area contributed by atoms with Crippen molar-refractivity contribution in [2.45, 2.75) is 13.0 Å². The molecule has 21 heavy (non-hydrogen) atoms. The van der Waals surface area contributed by atoms with Crippen LogP contribution >= 0.6 is 11.6 Å². The molecule has 0 amide bonds. The molecule has 0 fully saturated rings. The molecule has 1 aromatic heterocycles. The summed E-state index contributed by atoms with van der Waals surface area (Å²) in [5.41, 5.74) is 9.73. The van der Waals surface area contributed by atoms with Gasteiger partial charge in [0.1, 0.15) is 5.69 Å². The van der Waals surface area contributed by atoms with E-state index in [1.807, 2.05) is 47.1 Å². The van der Waals surface area contributed by atoms with Gasteiger partial charge in [-0.05, 0) is 29.8 Å². The van der Waals surface area contributed by atoms with E-state index in [0.717, 1.165) is 23.5 Å². The Morgan fingerprint density at radius 1 is 1.00 bits per heavy atom. The Morgan fingerprint density at radius 3 is 2.38 bits per heavy atom. The molecule has 4 nitrogen and oxygen atoms in total. The van der Waals surface area contributed by atoms with Crippen molar-refractivity contribution in [3.8, 4) is 5.69 Å². The molecular weight excluding hydrogens is 284 g/mol. The van der Waals surface area contributed by atoms with Crippen molar-refractivity contribution in [3.05, 3.63) is 76.6 Å². The van der Waals surface area contributed by atoms with E-state index in [2.05, 4.69) is 22.4 Å². The van der Waals surface area contributed by atoms with E-state index < -0.39 is 0 Å². The van der Waals surface area contributed by atoms with Crippen LogP contribution in [0.1, 0.15) is 17.0 Å². The first-order valence-corrected chi connectivity index (χ1v) is 7.09. The molecule has 5 heteroatoms. The van der Waals surface area contributed by atoms with Crippen LogP contribution in [0.4, 0.5) is 0 Å². The smallest absolute Gasteiger partial charge is 0.100 e. The first-order chi connectivity index (χ1) is 10.3. The van der Waals surface area contributed by atoms with E-state index in [0.29, 0.717) is 11.6 Å². The Balaban J connectivity index is 2.02. The normalized spacial score (nSPS) is 10.8. The summed E-state index contributed by atoms with van der Waals surface area (Å²) in [4.78, 5) is 0. The number of nitrogens with zero attached hydrogens (tertiary/aromatic N) is 3. The van der Waals surface area contributed by atoms with Crippen molar-refractivity contribution < 1.29 is 0 Å². The second kappa shape index (κ2) is 6.08. The first kappa shape index (κ1) is 13.8. The third-order valence-electron chi connectivity index (χ3n) is 3.32. The monoisotopic (exact) mass is 298 g/mol. The van der Waals surface area contributed by atoms with Crippen LogP contribution in [-0.2, 0) is 13.0 Å². The van der Waals surface area contributed by atoms with Gasteiger partial charge in [0.05, 0.1) is 11.4 Å². The Bertz CT molecular complexity index is 720. The van der Waals surface area contributed by atoms with Crippen LogP contribution in [0.3, 0.4) is 0 Å². The molecule has 0 saturated heterocycles. The molecule has 0 bridgehead atoms. The molecule has 3 aromatic rings. The molecule has 0 unspecified atom stereocenters. The zero-order valence-electron chi connectivity index (χ0n) is 11.4. The fourth-order valence-corrected chi connectivity index (χ4v) is 2.37. The van der Waals surface area contributed by atoms with E-state index in [1.54, 1.807) is 0 Å². The number of aromatic nitrogens is 3. The summed E-state index contributed by atoms with van der Waals surface area (Å²) in [7, 11) is 0. The molecule has 1 heterocycles. The van der Waals surface area contributed by atoms with Gasteiger partial charge in [-0.15, -0.1) is 5.10 Å². The lowest BCUT2D eigenvalue weighted by Gasteiger charge is -2.08. The van der Waals surface area contributed by atoms with Gasteiger partial charge in [-0.3, -0.25) is 0 Å². The van der Waals surface area contributed by atoms with Gasteiger partial charge >= 0.3 is 0 Å². The quantitative estimate of drug-likeness (QED) is 0.805. The fourth-order valence-electron chi connectivity index (χ4n) is 2.25. The van der Waals surface area contributed by atoms with Gasteiger partial charge in [0.25, 0.3) is 0 Å². The summed E-state index contributed by atoms with van der Waals surface area (Å²) in [5.74, 6) is 0. The van der Waals surface area contributed by atoms with Gasteiger partial charge in [-0.2, -0.15) is 0 Å². The minimum atomic E-state index is 0.371. The van der Waals surface area contributed by atoms with Crippen LogP contribution in [-0.4, -0.2) is 15.0 Å². The number of hydrogen-bond donors (Lipinski definition) is 1. The van der Waals surface area contributed by atoms with Crippen molar-refractivity contribution >= 4 is 11.6 Å². The van der Waals surface area contributed by atoms with Crippen molar-refractivity contribution in [1.29, 1.82) is 0 Å². The summed E-state index contributed by atoms with van der Waals surface area (Å²) < 4.78 is 1.82. The summed E-state index contributed by atoms with van der Waals surface area (Å²) in [6.07, 6.45) is 0.739. The molecule has 0 aliphatic carbocycles. The van der Waals surface area contributed by atoms with Crippen molar-refractivity contribution in [3.63, 3.8) is 0 Å². The molecule has 2 N–H and O–H groups in total. The van der Waals surface area contributed by atoms with Crippen LogP contribution in [0.15, 0.2) is 54.6 Å². The average molecular weight is 299 g/mol. The fraction of sp³-hybridized carbons (Fsp3) is 0.125. The first-order valence-electron chi connectivity index (χ1n) is 6.71. The molecule has 2 aromatic carbocycles. The SMILES string of the molecule is NCc1nnn(-c2ccc(Cl)cc2)c1Cc1ccccc1. The van der Waals surface area contributed by atoms with Gasteiger partial charge in [-0.25, -0.2) is 4.68 Å². The zero-order valence-corrected chi connectivity index (χ0v) is 12.2. The van der Waals surface area contributed by atoms with E-state index in [4.69, 9.17) is 17.3 Å². The van der Waals surface area contributed by atoms with Gasteiger partial charge in [0, 0.05) is 18.0 Å². The van der Waals surface area contributed by atoms with Crippen LogP contribution in [0, 0.1) is 0 Å². The Morgan fingerprint density at radius 2 is 1.71 bits per heavy atom. The van der Waals surface area contributed by atoms with E-state index in [-0.39, 0.29) is 0 Å². The Kier molecular flexibility index (Phi) is 3.99. The number of benzene rings is 2. The van der Waals surface area contributed by atoms with Crippen molar-refractivity contribution in [2.75, 3.05) is 0 Å². The molecule has 106 valence electrons. The van der Waals surface area contributed by atoms with Crippen molar-refractivity contribution in [1.82, 2.24) is 15.0 Å². The number of rotatable bonds is 4. The topological polar surface area (TPSA) is 56.7 Å². The molecular formula is C16H15ClN4. The van der Waals surface area contributed by atoms with Crippen molar-refractivity contribution in [2.24, 2.45) is 5.73 Å². The predicted molar refractivity (Wildman–Crippen MR) is 83.5 cm³/mol. The lowest BCUT2D eigenvalue weighted by Crippen LogP contribution is -2.07. The second-order valence-corrected chi connectivity index (χ2v) is 5.17. The molecule has 0 atom stereocenters. The largest absolute Gasteiger partial charge is 0.325 e. The molecule has 0 aliphatic rings. The summed E-state index contributed by atoms with van der Waals surface area (Å²) in [6, 6.07) is 17.7. The molecule has 0 saturated carbocycles. The number of nitrogens with two attached hydrogens (primary N) is 1.